The predicted octanol–water partition coefficient (Wildman–Crippen LogP) is 10.7. The largest absolute Gasteiger partial charge is 0.336 e. The van der Waals surface area contributed by atoms with Gasteiger partial charge in [-0.3, -0.25) is 4.52 Å². The van der Waals surface area contributed by atoms with Crippen LogP contribution in [0.2, 0.25) is 0 Å². The maximum Gasteiger partial charge on any atom is 0.0876 e. The van der Waals surface area contributed by atoms with Crippen LogP contribution in [-0.2, 0) is 20.1 Å². The fourth-order valence-electron chi connectivity index (χ4n) is 8.21. The summed E-state index contributed by atoms with van der Waals surface area (Å²) in [6.07, 6.45) is 8.32. The second kappa shape index (κ2) is 10.7. The first-order valence-corrected chi connectivity index (χ1v) is 16.2. The minimum atomic E-state index is 0. The van der Waals surface area contributed by atoms with Gasteiger partial charge >= 0.3 is 0 Å². The van der Waals surface area contributed by atoms with Gasteiger partial charge in [0.15, 0.2) is 0 Å². The summed E-state index contributed by atoms with van der Waals surface area (Å²) in [5.41, 5.74) is 10.8. The van der Waals surface area contributed by atoms with Gasteiger partial charge in [0.25, 0.3) is 0 Å². The van der Waals surface area contributed by atoms with Crippen molar-refractivity contribution < 1.29 is 20.1 Å². The molecule has 225 valence electrons. The van der Waals surface area contributed by atoms with E-state index in [0.717, 1.165) is 22.3 Å². The molecule has 10 rings (SSSR count). The molecule has 0 bridgehead atoms. The van der Waals surface area contributed by atoms with E-state index >= 15 is 0 Å². The number of para-hydroxylation sites is 3. The fourth-order valence-corrected chi connectivity index (χ4v) is 8.21. The Morgan fingerprint density at radius 2 is 1.30 bits per heavy atom. The standard InChI is InChI=1S/C41H31N4.Ir/c1-2-12-29(13-3-1)44-37-20-9-6-17-33(37)40-34-26-28(21-22-38(34)45-39(41(40)44)23-24-42-45)27-11-10-14-30(25-27)43-35-18-7-4-15-31(35)32-16-5-8-19-36(32)43;/h4-11,14-21,23-26,29H,1-3,12-13H2;/q-1;. The van der Waals surface area contributed by atoms with E-state index in [0.29, 0.717) is 6.04 Å². The third kappa shape index (κ3) is 3.92. The maximum atomic E-state index is 4.83. The SMILES string of the molecule is [Ir].[c-]1cc(-c2cccc(-n3c4ccccc4c4ccccc43)c2)cc2c3c4ccccc4n(C4CCCCC4)c3c3ccnn3c12. The van der Waals surface area contributed by atoms with Crippen LogP contribution in [0.5, 0.6) is 0 Å². The molecular weight excluding hydrogens is 741 g/mol. The van der Waals surface area contributed by atoms with Crippen LogP contribution in [0.25, 0.3) is 76.8 Å². The van der Waals surface area contributed by atoms with Gasteiger partial charge in [-0.1, -0.05) is 96.9 Å². The van der Waals surface area contributed by atoms with E-state index in [-0.39, 0.29) is 20.1 Å². The summed E-state index contributed by atoms with van der Waals surface area (Å²) < 4.78 is 7.15. The van der Waals surface area contributed by atoms with Crippen molar-refractivity contribution in [3.63, 3.8) is 0 Å². The minimum Gasteiger partial charge on any atom is -0.336 e. The monoisotopic (exact) mass is 772 g/mol. The van der Waals surface area contributed by atoms with Gasteiger partial charge in [-0.15, -0.1) is 5.56 Å². The number of nitrogens with zero attached hydrogens (tertiary/aromatic N) is 4. The first-order valence-electron chi connectivity index (χ1n) is 16.2. The van der Waals surface area contributed by atoms with Gasteiger partial charge in [0.2, 0.25) is 0 Å². The first-order chi connectivity index (χ1) is 22.3. The van der Waals surface area contributed by atoms with Crippen molar-refractivity contribution >= 4 is 60.0 Å². The molecule has 4 aromatic heterocycles. The second-order valence-corrected chi connectivity index (χ2v) is 12.6. The Bertz CT molecular complexity index is 2540. The molecule has 1 radical (unpaired) electrons. The molecule has 1 fully saturated rings. The summed E-state index contributed by atoms with van der Waals surface area (Å²) in [4.78, 5) is 0. The normalized spacial score (nSPS) is 14.3. The van der Waals surface area contributed by atoms with Crippen molar-refractivity contribution in [3.8, 4) is 16.8 Å². The van der Waals surface area contributed by atoms with Crippen LogP contribution < -0.4 is 0 Å². The van der Waals surface area contributed by atoms with E-state index < -0.39 is 0 Å². The third-order valence-corrected chi connectivity index (χ3v) is 10.2. The van der Waals surface area contributed by atoms with Crippen molar-refractivity contribution in [3.05, 3.63) is 128 Å². The number of benzene rings is 5. The van der Waals surface area contributed by atoms with Crippen LogP contribution >= 0.6 is 0 Å². The molecule has 1 saturated carbocycles. The molecule has 5 aromatic carbocycles. The Labute approximate surface area is 280 Å². The number of fused-ring (bicyclic) bond motifs is 11. The molecule has 0 saturated heterocycles. The van der Waals surface area contributed by atoms with Gasteiger partial charge in [0, 0.05) is 54.3 Å². The summed E-state index contributed by atoms with van der Waals surface area (Å²) in [7, 11) is 0. The maximum absolute atomic E-state index is 4.83. The summed E-state index contributed by atoms with van der Waals surface area (Å²) in [5.74, 6) is 0. The van der Waals surface area contributed by atoms with E-state index in [1.165, 1.54) is 86.7 Å². The van der Waals surface area contributed by atoms with Crippen molar-refractivity contribution in [1.82, 2.24) is 18.7 Å². The Hall–Kier alpha value is -4.70. The number of pyridine rings is 1. The zero-order valence-corrected chi connectivity index (χ0v) is 27.7. The van der Waals surface area contributed by atoms with Gasteiger partial charge < -0.3 is 9.13 Å². The molecule has 5 heteroatoms. The van der Waals surface area contributed by atoms with Crippen LogP contribution in [0.1, 0.15) is 38.1 Å². The molecule has 1 aliphatic carbocycles. The van der Waals surface area contributed by atoms with Crippen molar-refractivity contribution in [2.45, 2.75) is 38.1 Å². The molecule has 0 amide bonds. The van der Waals surface area contributed by atoms with E-state index in [2.05, 4.69) is 135 Å². The molecule has 4 heterocycles. The van der Waals surface area contributed by atoms with Crippen LogP contribution in [0, 0.1) is 6.07 Å². The van der Waals surface area contributed by atoms with Gasteiger partial charge in [0.1, 0.15) is 0 Å². The Kier molecular flexibility index (Phi) is 6.41. The fraction of sp³-hybridized carbons (Fsp3) is 0.146. The molecule has 4 nitrogen and oxygen atoms in total. The summed E-state index contributed by atoms with van der Waals surface area (Å²) >= 11 is 0. The summed E-state index contributed by atoms with van der Waals surface area (Å²) in [6.45, 7) is 0. The van der Waals surface area contributed by atoms with Crippen LogP contribution in [0.3, 0.4) is 0 Å². The molecule has 0 N–H and O–H groups in total. The van der Waals surface area contributed by atoms with Crippen LogP contribution in [0.4, 0.5) is 0 Å². The quantitative estimate of drug-likeness (QED) is 0.164. The molecule has 0 atom stereocenters. The number of hydrogen-bond donors (Lipinski definition) is 0. The average molecular weight is 772 g/mol. The van der Waals surface area contributed by atoms with Gasteiger partial charge in [0.05, 0.1) is 22.1 Å². The van der Waals surface area contributed by atoms with Gasteiger partial charge in [-0.05, 0) is 65.5 Å². The van der Waals surface area contributed by atoms with E-state index in [9.17, 15) is 0 Å². The van der Waals surface area contributed by atoms with Gasteiger partial charge in [-0.2, -0.15) is 23.3 Å². The Morgan fingerprint density at radius 1 is 0.609 bits per heavy atom. The molecule has 9 aromatic rings. The molecule has 0 spiro atoms. The summed E-state index contributed by atoms with van der Waals surface area (Å²) in [5, 5.41) is 11.2. The summed E-state index contributed by atoms with van der Waals surface area (Å²) in [6, 6.07) is 46.2. The number of rotatable bonds is 3. The van der Waals surface area contributed by atoms with Gasteiger partial charge in [-0.25, -0.2) is 0 Å². The smallest absolute Gasteiger partial charge is 0.0876 e. The predicted molar refractivity (Wildman–Crippen MR) is 186 cm³/mol. The van der Waals surface area contributed by atoms with E-state index in [1.807, 2.05) is 6.20 Å². The van der Waals surface area contributed by atoms with Crippen molar-refractivity contribution in [2.24, 2.45) is 0 Å². The van der Waals surface area contributed by atoms with Crippen LogP contribution in [-0.4, -0.2) is 18.7 Å². The molecular formula is C41H31IrN4-. The molecule has 0 unspecified atom stereocenters. The Balaban J connectivity index is 0.00000292. The zero-order valence-electron chi connectivity index (χ0n) is 25.3. The Morgan fingerprint density at radius 3 is 2.07 bits per heavy atom. The minimum absolute atomic E-state index is 0. The van der Waals surface area contributed by atoms with E-state index in [1.54, 1.807) is 0 Å². The average Bonchev–Trinajstić information content (AvgIpc) is 3.82. The topological polar surface area (TPSA) is 27.2 Å². The van der Waals surface area contributed by atoms with Crippen LogP contribution in [0.15, 0.2) is 121 Å². The molecule has 1 aliphatic rings. The zero-order chi connectivity index (χ0) is 29.5. The number of aromatic nitrogens is 4. The molecule has 0 aliphatic heterocycles. The third-order valence-electron chi connectivity index (χ3n) is 10.2. The van der Waals surface area contributed by atoms with E-state index in [4.69, 9.17) is 5.10 Å². The molecule has 46 heavy (non-hydrogen) atoms. The second-order valence-electron chi connectivity index (χ2n) is 12.6. The van der Waals surface area contributed by atoms with Crippen molar-refractivity contribution in [2.75, 3.05) is 0 Å². The first kappa shape index (κ1) is 27.6. The number of hydrogen-bond acceptors (Lipinski definition) is 1. The van der Waals surface area contributed by atoms with Crippen molar-refractivity contribution in [1.29, 1.82) is 0 Å².